The van der Waals surface area contributed by atoms with Crippen molar-refractivity contribution < 1.29 is 28.9 Å². The number of fused-ring (bicyclic) bond motifs is 2. The molecule has 2 heterocycles. The molecule has 0 spiro atoms. The van der Waals surface area contributed by atoms with Gasteiger partial charge in [0.05, 0.1) is 18.9 Å². The van der Waals surface area contributed by atoms with E-state index in [9.17, 15) is 19.4 Å². The first-order chi connectivity index (χ1) is 21.6. The van der Waals surface area contributed by atoms with Gasteiger partial charge in [-0.2, -0.15) is 0 Å². The van der Waals surface area contributed by atoms with Gasteiger partial charge < -0.3 is 19.7 Å². The van der Waals surface area contributed by atoms with Crippen LogP contribution in [0, 0.1) is 5.41 Å². The quantitative estimate of drug-likeness (QED) is 0.283. The van der Waals surface area contributed by atoms with E-state index in [0.29, 0.717) is 17.9 Å². The predicted molar refractivity (Wildman–Crippen MR) is 175 cm³/mol. The molecule has 2 atom stereocenters. The molecule has 7 nitrogen and oxygen atoms in total. The van der Waals surface area contributed by atoms with Crippen molar-refractivity contribution in [1.82, 2.24) is 4.90 Å². The molecule has 3 aromatic rings. The lowest BCUT2D eigenvalue weighted by molar-refractivity contribution is 0.0827. The molecule has 0 radical (unpaired) electrons. The minimum atomic E-state index is -0.995. The Hall–Kier alpha value is -4.04. The van der Waals surface area contributed by atoms with Crippen LogP contribution in [0.5, 0.6) is 17.2 Å². The standard InChI is InChI=1S/C37H43FN2O5/c1-37(2,3)34-23-40(36(42)43)32-21-26(10-15-33(32)45-34)30-7-4-6-25-20-27(41)11-14-31(25)35(30)24-8-12-28(13-9-24)44-29-16-19-39(22-29)18-5-17-38/h8-15,20-21,29,34,41H,4-7,16-19,22-23H2,1-3H3,(H,42,43)/t29-,34?/m0/s1. The monoisotopic (exact) mass is 614 g/mol. The Balaban J connectivity index is 1.37. The molecule has 1 aliphatic carbocycles. The molecule has 45 heavy (non-hydrogen) atoms. The SMILES string of the molecule is CC(C)(C)C1CN(C(=O)O)c2cc(C3=C(c4ccc(O[C@H]5CCN(CCCF)C5)cc4)c4ccc(O)cc4CCC3)ccc2O1. The molecule has 1 saturated heterocycles. The first kappa shape index (κ1) is 31.0. The maximum absolute atomic E-state index is 12.6. The average molecular weight is 615 g/mol. The molecule has 0 saturated carbocycles. The molecule has 3 aliphatic rings. The average Bonchev–Trinajstić information content (AvgIpc) is 3.37. The number of aryl methyl sites for hydroxylation is 1. The number of aromatic hydroxyl groups is 1. The summed E-state index contributed by atoms with van der Waals surface area (Å²) in [7, 11) is 0. The summed E-state index contributed by atoms with van der Waals surface area (Å²) in [5, 5.41) is 20.5. The van der Waals surface area contributed by atoms with E-state index < -0.39 is 6.09 Å². The molecule has 6 rings (SSSR count). The summed E-state index contributed by atoms with van der Waals surface area (Å²) < 4.78 is 25.3. The second-order valence-electron chi connectivity index (χ2n) is 13.5. The van der Waals surface area contributed by atoms with Gasteiger partial charge in [0.1, 0.15) is 29.5 Å². The van der Waals surface area contributed by atoms with Crippen molar-refractivity contribution in [2.45, 2.75) is 65.1 Å². The van der Waals surface area contributed by atoms with Gasteiger partial charge in [0, 0.05) is 25.0 Å². The topological polar surface area (TPSA) is 82.5 Å². The van der Waals surface area contributed by atoms with Crippen molar-refractivity contribution in [2.24, 2.45) is 5.41 Å². The van der Waals surface area contributed by atoms with Crippen molar-refractivity contribution in [2.75, 3.05) is 37.8 Å². The van der Waals surface area contributed by atoms with Crippen LogP contribution in [0.3, 0.4) is 0 Å². The Bertz CT molecular complexity index is 1580. The number of hydrogen-bond acceptors (Lipinski definition) is 5. The van der Waals surface area contributed by atoms with Crippen molar-refractivity contribution in [3.8, 4) is 17.2 Å². The van der Waals surface area contributed by atoms with Crippen molar-refractivity contribution in [1.29, 1.82) is 0 Å². The lowest BCUT2D eigenvalue weighted by atomic mass is 9.86. The Labute approximate surface area is 264 Å². The number of anilines is 1. The van der Waals surface area contributed by atoms with E-state index in [1.54, 1.807) is 6.07 Å². The van der Waals surface area contributed by atoms with Crippen molar-refractivity contribution in [3.63, 3.8) is 0 Å². The summed E-state index contributed by atoms with van der Waals surface area (Å²) in [5.41, 5.74) is 6.65. The van der Waals surface area contributed by atoms with Crippen LogP contribution in [0.2, 0.25) is 0 Å². The highest BCUT2D eigenvalue weighted by molar-refractivity contribution is 6.01. The van der Waals surface area contributed by atoms with Crippen molar-refractivity contribution >= 4 is 22.9 Å². The van der Waals surface area contributed by atoms with Gasteiger partial charge in [-0.15, -0.1) is 0 Å². The number of alkyl halides is 1. The Morgan fingerprint density at radius 2 is 1.80 bits per heavy atom. The van der Waals surface area contributed by atoms with E-state index in [-0.39, 0.29) is 36.6 Å². The van der Waals surface area contributed by atoms with Crippen LogP contribution in [0.15, 0.2) is 60.7 Å². The normalized spacial score (nSPS) is 20.3. The van der Waals surface area contributed by atoms with Gasteiger partial charge in [0.2, 0.25) is 0 Å². The van der Waals surface area contributed by atoms with Gasteiger partial charge in [-0.25, -0.2) is 4.79 Å². The van der Waals surface area contributed by atoms with Crippen LogP contribution < -0.4 is 14.4 Å². The number of amides is 1. The second kappa shape index (κ2) is 12.8. The molecule has 3 aromatic carbocycles. The third kappa shape index (κ3) is 6.66. The number of rotatable bonds is 7. The number of nitrogens with zero attached hydrogens (tertiary/aromatic N) is 2. The van der Waals surface area contributed by atoms with E-state index in [2.05, 4.69) is 37.8 Å². The number of benzene rings is 3. The zero-order valence-corrected chi connectivity index (χ0v) is 26.4. The number of hydrogen-bond donors (Lipinski definition) is 2. The van der Waals surface area contributed by atoms with E-state index in [1.807, 2.05) is 42.5 Å². The number of likely N-dealkylation sites (tertiary alicyclic amines) is 1. The van der Waals surface area contributed by atoms with Crippen LogP contribution in [-0.2, 0) is 6.42 Å². The Morgan fingerprint density at radius 3 is 2.53 bits per heavy atom. The lowest BCUT2D eigenvalue weighted by Crippen LogP contribution is -2.48. The van der Waals surface area contributed by atoms with Gasteiger partial charge in [-0.1, -0.05) is 45.0 Å². The van der Waals surface area contributed by atoms with E-state index in [0.717, 1.165) is 84.5 Å². The molecule has 0 aromatic heterocycles. The molecule has 238 valence electrons. The summed E-state index contributed by atoms with van der Waals surface area (Å²) in [6.07, 6.45) is 2.80. The number of carbonyl (C=O) groups is 1. The number of phenolic OH excluding ortho intramolecular Hbond substituents is 1. The van der Waals surface area contributed by atoms with Crippen LogP contribution in [0.4, 0.5) is 14.9 Å². The van der Waals surface area contributed by atoms with Crippen molar-refractivity contribution in [3.05, 3.63) is 82.9 Å². The molecular formula is C37H43FN2O5. The highest BCUT2D eigenvalue weighted by Crippen LogP contribution is 2.45. The second-order valence-corrected chi connectivity index (χ2v) is 13.5. The zero-order chi connectivity index (χ0) is 31.7. The van der Waals surface area contributed by atoms with E-state index in [1.165, 1.54) is 4.90 Å². The lowest BCUT2D eigenvalue weighted by Gasteiger charge is -2.39. The number of allylic oxidation sites excluding steroid dienone is 1. The fourth-order valence-electron chi connectivity index (χ4n) is 6.77. The van der Waals surface area contributed by atoms with Gasteiger partial charge in [0.15, 0.2) is 0 Å². The highest BCUT2D eigenvalue weighted by Gasteiger charge is 2.37. The fraction of sp³-hybridized carbons (Fsp3) is 0.432. The van der Waals surface area contributed by atoms with E-state index >= 15 is 0 Å². The third-order valence-electron chi connectivity index (χ3n) is 9.23. The zero-order valence-electron chi connectivity index (χ0n) is 26.4. The highest BCUT2D eigenvalue weighted by atomic mass is 19.1. The number of halogens is 1. The number of phenols is 1. The van der Waals surface area contributed by atoms with Crippen LogP contribution in [0.1, 0.15) is 68.7 Å². The number of ether oxygens (including phenoxy) is 2. The third-order valence-corrected chi connectivity index (χ3v) is 9.23. The van der Waals surface area contributed by atoms with Crippen LogP contribution in [0.25, 0.3) is 11.1 Å². The molecule has 2 N–H and O–H groups in total. The largest absolute Gasteiger partial charge is 0.508 e. The Kier molecular flexibility index (Phi) is 8.78. The number of carboxylic acid groups (broad SMARTS) is 1. The summed E-state index contributed by atoms with van der Waals surface area (Å²) in [5.74, 6) is 1.62. The molecule has 2 aliphatic heterocycles. The fourth-order valence-corrected chi connectivity index (χ4v) is 6.77. The smallest absolute Gasteiger partial charge is 0.412 e. The first-order valence-electron chi connectivity index (χ1n) is 16.0. The van der Waals surface area contributed by atoms with Crippen LogP contribution in [-0.4, -0.2) is 66.3 Å². The van der Waals surface area contributed by atoms with Gasteiger partial charge in [-0.05, 0) is 102 Å². The molecule has 8 heteroatoms. The predicted octanol–water partition coefficient (Wildman–Crippen LogP) is 7.79. The summed E-state index contributed by atoms with van der Waals surface area (Å²) >= 11 is 0. The van der Waals surface area contributed by atoms with E-state index in [4.69, 9.17) is 9.47 Å². The maximum Gasteiger partial charge on any atom is 0.412 e. The molecule has 0 bridgehead atoms. The van der Waals surface area contributed by atoms with Gasteiger partial charge in [0.25, 0.3) is 0 Å². The first-order valence-corrected chi connectivity index (χ1v) is 16.0. The molecule has 1 fully saturated rings. The molecule has 1 amide bonds. The Morgan fingerprint density at radius 1 is 1.02 bits per heavy atom. The maximum atomic E-state index is 12.6. The molecule has 1 unspecified atom stereocenters. The summed E-state index contributed by atoms with van der Waals surface area (Å²) in [6.45, 7) is 8.63. The summed E-state index contributed by atoms with van der Waals surface area (Å²) in [6, 6.07) is 19.6. The summed E-state index contributed by atoms with van der Waals surface area (Å²) in [4.78, 5) is 16.1. The van der Waals surface area contributed by atoms with Crippen LogP contribution >= 0.6 is 0 Å². The minimum absolute atomic E-state index is 0.0830. The molecular weight excluding hydrogens is 571 g/mol. The van der Waals surface area contributed by atoms with Gasteiger partial charge in [-0.3, -0.25) is 14.2 Å². The van der Waals surface area contributed by atoms with Gasteiger partial charge >= 0.3 is 6.09 Å². The minimum Gasteiger partial charge on any atom is -0.508 e.